The quantitative estimate of drug-likeness (QED) is 0.623. The number of halogens is 2. The molecule has 0 saturated heterocycles. The van der Waals surface area contributed by atoms with Gasteiger partial charge in [-0.2, -0.15) is 0 Å². The highest BCUT2D eigenvalue weighted by atomic mass is 127. The van der Waals surface area contributed by atoms with Crippen LogP contribution >= 0.6 is 34.2 Å². The lowest BCUT2D eigenvalue weighted by Crippen LogP contribution is -1.97. The smallest absolute Gasteiger partial charge is 0.130 e. The average molecular weight is 268 g/mol. The maximum atomic E-state index is 5.66. The van der Waals surface area contributed by atoms with Crippen molar-refractivity contribution in [3.05, 3.63) is 26.5 Å². The zero-order chi connectivity index (χ0) is 7.56. The molecule has 0 spiro atoms. The van der Waals surface area contributed by atoms with E-state index in [0.717, 1.165) is 9.26 Å². The second kappa shape index (κ2) is 3.50. The molecule has 54 valence electrons. The van der Waals surface area contributed by atoms with Crippen LogP contribution in [-0.4, -0.2) is 4.98 Å². The lowest BCUT2D eigenvalue weighted by molar-refractivity contribution is 1.05. The summed E-state index contributed by atoms with van der Waals surface area (Å²) in [5.74, 6) is 0. The Kier molecular flexibility index (Phi) is 2.88. The topological polar surface area (TPSA) is 38.9 Å². The average Bonchev–Trinajstić information content (AvgIpc) is 1.85. The molecule has 1 rings (SSSR count). The molecule has 1 heterocycles. The minimum absolute atomic E-state index is 0.507. The lowest BCUT2D eigenvalue weighted by atomic mass is 10.3. The third kappa shape index (κ3) is 2.07. The summed E-state index contributed by atoms with van der Waals surface area (Å²) in [6.07, 6.45) is 0. The molecule has 0 atom stereocenters. The summed E-state index contributed by atoms with van der Waals surface area (Å²) < 4.78 is 0.880. The highest BCUT2D eigenvalue weighted by Crippen LogP contribution is 2.11. The normalized spacial score (nSPS) is 9.90. The molecule has 2 nitrogen and oxygen atoms in total. The number of pyridine rings is 1. The maximum Gasteiger partial charge on any atom is 0.130 e. The predicted octanol–water partition coefficient (Wildman–Crippen LogP) is 1.80. The first-order chi connectivity index (χ1) is 4.72. The SMILES string of the molecule is NCc1cc(Cl)nc(I)c1. The molecule has 4 heteroatoms. The Hall–Kier alpha value is 0.130. The first kappa shape index (κ1) is 8.23. The van der Waals surface area contributed by atoms with Crippen LogP contribution in [0.1, 0.15) is 5.56 Å². The van der Waals surface area contributed by atoms with Crippen molar-refractivity contribution in [2.24, 2.45) is 5.73 Å². The van der Waals surface area contributed by atoms with E-state index >= 15 is 0 Å². The van der Waals surface area contributed by atoms with E-state index in [2.05, 4.69) is 27.6 Å². The molecule has 0 fully saturated rings. The molecule has 0 radical (unpaired) electrons. The van der Waals surface area contributed by atoms with E-state index in [1.165, 1.54) is 0 Å². The highest BCUT2D eigenvalue weighted by molar-refractivity contribution is 14.1. The van der Waals surface area contributed by atoms with Crippen molar-refractivity contribution in [2.75, 3.05) is 0 Å². The number of hydrogen-bond donors (Lipinski definition) is 1. The third-order valence-corrected chi connectivity index (χ3v) is 1.80. The van der Waals surface area contributed by atoms with Crippen LogP contribution in [0.3, 0.4) is 0 Å². The van der Waals surface area contributed by atoms with Crippen LogP contribution in [0.4, 0.5) is 0 Å². The fourth-order valence-corrected chi connectivity index (χ4v) is 1.67. The van der Waals surface area contributed by atoms with Gasteiger partial charge in [0, 0.05) is 6.54 Å². The van der Waals surface area contributed by atoms with Gasteiger partial charge in [-0.05, 0) is 40.3 Å². The van der Waals surface area contributed by atoms with Gasteiger partial charge in [0.05, 0.1) is 0 Å². The summed E-state index contributed by atoms with van der Waals surface area (Å²) in [5.41, 5.74) is 6.42. The zero-order valence-corrected chi connectivity index (χ0v) is 8.06. The summed E-state index contributed by atoms with van der Waals surface area (Å²) in [7, 11) is 0. The van der Waals surface area contributed by atoms with Gasteiger partial charge in [-0.25, -0.2) is 4.98 Å². The Morgan fingerprint density at radius 1 is 1.60 bits per heavy atom. The number of rotatable bonds is 1. The van der Waals surface area contributed by atoms with Crippen molar-refractivity contribution in [3.63, 3.8) is 0 Å². The molecule has 2 N–H and O–H groups in total. The molecule has 0 amide bonds. The number of aromatic nitrogens is 1. The van der Waals surface area contributed by atoms with Gasteiger partial charge in [0.25, 0.3) is 0 Å². The number of hydrogen-bond acceptors (Lipinski definition) is 2. The largest absolute Gasteiger partial charge is 0.326 e. The van der Waals surface area contributed by atoms with E-state index in [9.17, 15) is 0 Å². The molecular formula is C6H6ClIN2. The lowest BCUT2D eigenvalue weighted by Gasteiger charge is -1.96. The van der Waals surface area contributed by atoms with Crippen molar-refractivity contribution >= 4 is 34.2 Å². The second-order valence-electron chi connectivity index (χ2n) is 1.82. The Morgan fingerprint density at radius 3 is 2.80 bits per heavy atom. The molecular weight excluding hydrogens is 262 g/mol. The van der Waals surface area contributed by atoms with Crippen LogP contribution in [0.5, 0.6) is 0 Å². The minimum atomic E-state index is 0.507. The van der Waals surface area contributed by atoms with Crippen LogP contribution in [-0.2, 0) is 6.54 Å². The monoisotopic (exact) mass is 268 g/mol. The summed E-state index contributed by atoms with van der Waals surface area (Å²) in [5, 5.41) is 0.507. The molecule has 1 aromatic rings. The van der Waals surface area contributed by atoms with Gasteiger partial charge >= 0.3 is 0 Å². The van der Waals surface area contributed by atoms with Crippen molar-refractivity contribution in [3.8, 4) is 0 Å². The Morgan fingerprint density at radius 2 is 2.30 bits per heavy atom. The molecule has 0 aliphatic carbocycles. The second-order valence-corrected chi connectivity index (χ2v) is 3.32. The first-order valence-electron chi connectivity index (χ1n) is 2.74. The van der Waals surface area contributed by atoms with Gasteiger partial charge in [0.1, 0.15) is 8.85 Å². The number of nitrogens with two attached hydrogens (primary N) is 1. The van der Waals surface area contributed by atoms with Crippen molar-refractivity contribution in [1.29, 1.82) is 0 Å². The van der Waals surface area contributed by atoms with Crippen LogP contribution < -0.4 is 5.73 Å². The van der Waals surface area contributed by atoms with Crippen molar-refractivity contribution < 1.29 is 0 Å². The van der Waals surface area contributed by atoms with Crippen molar-refractivity contribution in [1.82, 2.24) is 4.98 Å². The van der Waals surface area contributed by atoms with Gasteiger partial charge in [-0.3, -0.25) is 0 Å². The Labute approximate surface area is 77.9 Å². The molecule has 1 aromatic heterocycles. The van der Waals surface area contributed by atoms with Gasteiger partial charge in [-0.15, -0.1) is 0 Å². The van der Waals surface area contributed by atoms with E-state index in [1.54, 1.807) is 6.07 Å². The van der Waals surface area contributed by atoms with Crippen LogP contribution in [0, 0.1) is 3.70 Å². The van der Waals surface area contributed by atoms with Crippen LogP contribution in [0.15, 0.2) is 12.1 Å². The summed E-state index contributed by atoms with van der Waals surface area (Å²) in [6.45, 7) is 0.512. The van der Waals surface area contributed by atoms with Crippen molar-refractivity contribution in [2.45, 2.75) is 6.54 Å². The summed E-state index contributed by atoms with van der Waals surface area (Å²) >= 11 is 7.76. The zero-order valence-electron chi connectivity index (χ0n) is 5.14. The third-order valence-electron chi connectivity index (χ3n) is 1.06. The molecule has 10 heavy (non-hydrogen) atoms. The predicted molar refractivity (Wildman–Crippen MR) is 49.9 cm³/mol. The Balaban J connectivity index is 3.06. The summed E-state index contributed by atoms with van der Waals surface area (Å²) in [6, 6.07) is 3.68. The fourth-order valence-electron chi connectivity index (χ4n) is 0.632. The molecule has 0 aliphatic heterocycles. The maximum absolute atomic E-state index is 5.66. The Bertz CT molecular complexity index is 219. The minimum Gasteiger partial charge on any atom is -0.326 e. The molecule has 0 aromatic carbocycles. The molecule has 0 unspecified atom stereocenters. The van der Waals surface area contributed by atoms with E-state index in [-0.39, 0.29) is 0 Å². The first-order valence-corrected chi connectivity index (χ1v) is 4.20. The van der Waals surface area contributed by atoms with Gasteiger partial charge < -0.3 is 5.73 Å². The standard InChI is InChI=1S/C6H6ClIN2/c7-5-1-4(3-9)2-6(8)10-5/h1-2H,3,9H2. The van der Waals surface area contributed by atoms with E-state index in [4.69, 9.17) is 17.3 Å². The van der Waals surface area contributed by atoms with Gasteiger partial charge in [0.2, 0.25) is 0 Å². The highest BCUT2D eigenvalue weighted by Gasteiger charge is 1.95. The molecule has 0 saturated carbocycles. The molecule has 0 aliphatic rings. The van der Waals surface area contributed by atoms with Gasteiger partial charge in [0.15, 0.2) is 0 Å². The van der Waals surface area contributed by atoms with E-state index < -0.39 is 0 Å². The number of nitrogens with zero attached hydrogens (tertiary/aromatic N) is 1. The summed E-state index contributed by atoms with van der Waals surface area (Å²) in [4.78, 5) is 3.98. The van der Waals surface area contributed by atoms with E-state index in [1.807, 2.05) is 6.07 Å². The fraction of sp³-hybridized carbons (Fsp3) is 0.167. The van der Waals surface area contributed by atoms with Crippen LogP contribution in [0.25, 0.3) is 0 Å². The molecule has 0 bridgehead atoms. The van der Waals surface area contributed by atoms with E-state index in [0.29, 0.717) is 11.7 Å². The van der Waals surface area contributed by atoms with Crippen LogP contribution in [0.2, 0.25) is 5.15 Å². The van der Waals surface area contributed by atoms with Gasteiger partial charge in [-0.1, -0.05) is 11.6 Å².